The van der Waals surface area contributed by atoms with E-state index in [4.69, 9.17) is 0 Å². The molecule has 0 aromatic rings. The molecule has 0 N–H and O–H groups in total. The summed E-state index contributed by atoms with van der Waals surface area (Å²) in [5.74, 6) is -1.91. The van der Waals surface area contributed by atoms with Crippen LogP contribution in [0.2, 0.25) is 0 Å². The van der Waals surface area contributed by atoms with Crippen LogP contribution in [0.3, 0.4) is 0 Å². The summed E-state index contributed by atoms with van der Waals surface area (Å²) in [4.78, 5) is 35.5. The van der Waals surface area contributed by atoms with Gasteiger partial charge >= 0.3 is 0 Å². The van der Waals surface area contributed by atoms with Crippen molar-refractivity contribution in [3.05, 3.63) is 12.3 Å². The molecule has 0 aromatic heterocycles. The molecule has 0 aromatic carbocycles. The molecule has 1 rings (SSSR count). The van der Waals surface area contributed by atoms with E-state index in [0.717, 1.165) is 0 Å². The van der Waals surface area contributed by atoms with Crippen molar-refractivity contribution in [1.82, 2.24) is 4.90 Å². The van der Waals surface area contributed by atoms with Crippen LogP contribution in [-0.2, 0) is 14.4 Å². The fraction of sp³-hybridized carbons (Fsp3) is 0.500. The van der Waals surface area contributed by atoms with Crippen molar-refractivity contribution in [2.45, 2.75) is 12.8 Å². The molecule has 4 heteroatoms. The van der Waals surface area contributed by atoms with Crippen LogP contribution in [0.4, 0.5) is 0 Å². The average molecular weight is 195 g/mol. The molecule has 1 aliphatic carbocycles. The molecule has 0 spiro atoms. The summed E-state index contributed by atoms with van der Waals surface area (Å²) in [5, 5.41) is 0. The van der Waals surface area contributed by atoms with E-state index in [-0.39, 0.29) is 24.4 Å². The smallest absolute Gasteiger partial charge is 0.175 e. The molecule has 0 amide bonds. The molecule has 76 valence electrons. The van der Waals surface area contributed by atoms with Crippen LogP contribution in [0, 0.1) is 5.92 Å². The minimum atomic E-state index is -1.02. The monoisotopic (exact) mass is 195 g/mol. The molecule has 4 nitrogen and oxygen atoms in total. The number of hydrogen-bond acceptors (Lipinski definition) is 4. The van der Waals surface area contributed by atoms with E-state index in [1.54, 1.807) is 25.2 Å². The van der Waals surface area contributed by atoms with Crippen molar-refractivity contribution in [1.29, 1.82) is 0 Å². The zero-order chi connectivity index (χ0) is 10.7. The molecule has 0 aliphatic heterocycles. The molecular formula is C10H13NO3. The molecule has 1 saturated carbocycles. The van der Waals surface area contributed by atoms with E-state index < -0.39 is 11.7 Å². The SMILES string of the molecule is CN(C)/C=C/C(=O)C1C(=O)CCC1=O. The Morgan fingerprint density at radius 2 is 1.79 bits per heavy atom. The molecule has 0 unspecified atom stereocenters. The van der Waals surface area contributed by atoms with Crippen molar-refractivity contribution in [3.63, 3.8) is 0 Å². The lowest BCUT2D eigenvalue weighted by molar-refractivity contribution is -0.133. The second-order valence-corrected chi connectivity index (χ2v) is 3.55. The molecule has 1 aliphatic rings. The van der Waals surface area contributed by atoms with Crippen molar-refractivity contribution in [3.8, 4) is 0 Å². The van der Waals surface area contributed by atoms with Crippen LogP contribution in [0.25, 0.3) is 0 Å². The van der Waals surface area contributed by atoms with Gasteiger partial charge in [-0.05, 0) is 6.08 Å². The number of hydrogen-bond donors (Lipinski definition) is 0. The maximum Gasteiger partial charge on any atom is 0.175 e. The molecule has 1 fully saturated rings. The summed E-state index contributed by atoms with van der Waals surface area (Å²) in [6.07, 6.45) is 3.25. The Labute approximate surface area is 82.6 Å². The molecule has 0 atom stereocenters. The van der Waals surface area contributed by atoms with Crippen LogP contribution >= 0.6 is 0 Å². The van der Waals surface area contributed by atoms with E-state index in [0.29, 0.717) is 0 Å². The van der Waals surface area contributed by atoms with Gasteiger partial charge in [-0.3, -0.25) is 14.4 Å². The largest absolute Gasteiger partial charge is 0.383 e. The van der Waals surface area contributed by atoms with Gasteiger partial charge in [0, 0.05) is 33.1 Å². The van der Waals surface area contributed by atoms with Gasteiger partial charge in [0.15, 0.2) is 17.3 Å². The normalized spacial score (nSPS) is 18.1. The molecule has 0 heterocycles. The number of nitrogens with zero attached hydrogens (tertiary/aromatic N) is 1. The lowest BCUT2D eigenvalue weighted by Crippen LogP contribution is -2.23. The third-order valence-corrected chi connectivity index (χ3v) is 2.08. The van der Waals surface area contributed by atoms with Crippen molar-refractivity contribution in [2.75, 3.05) is 14.1 Å². The highest BCUT2D eigenvalue weighted by Crippen LogP contribution is 2.18. The standard InChI is InChI=1S/C10H13NO3/c1-11(2)6-5-9(14)10-7(12)3-4-8(10)13/h5-6,10H,3-4H2,1-2H3/b6-5+. The molecule has 0 radical (unpaired) electrons. The van der Waals surface area contributed by atoms with Gasteiger partial charge in [0.05, 0.1) is 0 Å². The zero-order valence-corrected chi connectivity index (χ0v) is 8.32. The Kier molecular flexibility index (Phi) is 3.17. The summed E-state index contributed by atoms with van der Waals surface area (Å²) >= 11 is 0. The van der Waals surface area contributed by atoms with Gasteiger partial charge in [-0.15, -0.1) is 0 Å². The van der Waals surface area contributed by atoms with Gasteiger partial charge < -0.3 is 4.90 Å². The zero-order valence-electron chi connectivity index (χ0n) is 8.32. The summed E-state index contributed by atoms with van der Waals surface area (Å²) in [7, 11) is 3.53. The molecule has 14 heavy (non-hydrogen) atoms. The fourth-order valence-corrected chi connectivity index (χ4v) is 1.35. The third kappa shape index (κ3) is 2.28. The minimum Gasteiger partial charge on any atom is -0.383 e. The van der Waals surface area contributed by atoms with Crippen molar-refractivity contribution >= 4 is 17.3 Å². The number of carbonyl (C=O) groups is 3. The summed E-state index contributed by atoms with van der Waals surface area (Å²) in [5.41, 5.74) is 0. The number of rotatable bonds is 3. The lowest BCUT2D eigenvalue weighted by atomic mass is 10.0. The first kappa shape index (κ1) is 10.6. The van der Waals surface area contributed by atoms with Gasteiger partial charge in [0.25, 0.3) is 0 Å². The number of ketones is 3. The Morgan fingerprint density at radius 1 is 1.29 bits per heavy atom. The fourth-order valence-electron chi connectivity index (χ4n) is 1.35. The van der Waals surface area contributed by atoms with E-state index in [2.05, 4.69) is 0 Å². The predicted octanol–water partition coefficient (Wildman–Crippen LogP) is 0.179. The van der Waals surface area contributed by atoms with Crippen LogP contribution in [-0.4, -0.2) is 36.3 Å². The predicted molar refractivity (Wildman–Crippen MR) is 50.6 cm³/mol. The van der Waals surface area contributed by atoms with Gasteiger partial charge in [-0.25, -0.2) is 0 Å². The molecule has 0 bridgehead atoms. The van der Waals surface area contributed by atoms with E-state index in [1.165, 1.54) is 6.08 Å². The van der Waals surface area contributed by atoms with Crippen LogP contribution in [0.1, 0.15) is 12.8 Å². The molecular weight excluding hydrogens is 182 g/mol. The summed E-state index contributed by atoms with van der Waals surface area (Å²) in [6.45, 7) is 0. The maximum atomic E-state index is 11.4. The van der Waals surface area contributed by atoms with E-state index >= 15 is 0 Å². The topological polar surface area (TPSA) is 54.5 Å². The van der Waals surface area contributed by atoms with E-state index in [9.17, 15) is 14.4 Å². The van der Waals surface area contributed by atoms with Crippen LogP contribution in [0.15, 0.2) is 12.3 Å². The van der Waals surface area contributed by atoms with Crippen LogP contribution < -0.4 is 0 Å². The van der Waals surface area contributed by atoms with Crippen molar-refractivity contribution in [2.24, 2.45) is 5.92 Å². The first-order valence-electron chi connectivity index (χ1n) is 4.46. The number of carbonyl (C=O) groups excluding carboxylic acids is 3. The van der Waals surface area contributed by atoms with E-state index in [1.807, 2.05) is 0 Å². The Bertz CT molecular complexity index is 288. The van der Waals surface area contributed by atoms with Gasteiger partial charge in [0.1, 0.15) is 5.92 Å². The number of Topliss-reactive ketones (excluding diaryl/α,β-unsaturated/α-hetero) is 2. The molecule has 0 saturated heterocycles. The average Bonchev–Trinajstić information content (AvgIpc) is 2.42. The second kappa shape index (κ2) is 4.17. The Morgan fingerprint density at radius 3 is 2.21 bits per heavy atom. The Hall–Kier alpha value is -1.45. The maximum absolute atomic E-state index is 11.4. The van der Waals surface area contributed by atoms with Crippen molar-refractivity contribution < 1.29 is 14.4 Å². The van der Waals surface area contributed by atoms with Gasteiger partial charge in [-0.2, -0.15) is 0 Å². The van der Waals surface area contributed by atoms with Crippen LogP contribution in [0.5, 0.6) is 0 Å². The first-order valence-corrected chi connectivity index (χ1v) is 4.46. The summed E-state index contributed by atoms with van der Waals surface area (Å²) in [6, 6.07) is 0. The highest BCUT2D eigenvalue weighted by molar-refractivity contribution is 6.25. The lowest BCUT2D eigenvalue weighted by Gasteiger charge is -2.04. The second-order valence-electron chi connectivity index (χ2n) is 3.55. The highest BCUT2D eigenvalue weighted by atomic mass is 16.2. The van der Waals surface area contributed by atoms with Gasteiger partial charge in [0.2, 0.25) is 0 Å². The Balaban J connectivity index is 2.69. The minimum absolute atomic E-state index is 0.213. The first-order chi connectivity index (χ1) is 6.52. The van der Waals surface area contributed by atoms with Gasteiger partial charge in [-0.1, -0.05) is 0 Å². The third-order valence-electron chi connectivity index (χ3n) is 2.08. The number of allylic oxidation sites excluding steroid dienone is 1. The quantitative estimate of drug-likeness (QED) is 0.476. The highest BCUT2D eigenvalue weighted by Gasteiger charge is 2.37. The summed E-state index contributed by atoms with van der Waals surface area (Å²) < 4.78 is 0.